The topological polar surface area (TPSA) is 98.9 Å². The van der Waals surface area contributed by atoms with Crippen LogP contribution in [0.2, 0.25) is 0 Å². The first-order chi connectivity index (χ1) is 8.38. The third kappa shape index (κ3) is 4.20. The number of hydrogen-bond acceptors (Lipinski definition) is 5. The van der Waals surface area contributed by atoms with Crippen molar-refractivity contribution in [3.05, 3.63) is 0 Å². The number of nitrogens with two attached hydrogens (primary N) is 1. The predicted octanol–water partition coefficient (Wildman–Crippen LogP) is -0.725. The van der Waals surface area contributed by atoms with E-state index in [2.05, 4.69) is 0 Å². The van der Waals surface area contributed by atoms with Crippen LogP contribution in [0, 0.1) is 0 Å². The van der Waals surface area contributed by atoms with Gasteiger partial charge in [0.1, 0.15) is 5.25 Å². The molecule has 0 saturated carbocycles. The number of sulfonamides is 1. The lowest BCUT2D eigenvalue weighted by Crippen LogP contribution is -2.38. The zero-order valence-electron chi connectivity index (χ0n) is 10.7. The lowest BCUT2D eigenvalue weighted by atomic mass is 10.4. The number of hydrogen-bond donors (Lipinski definition) is 1. The van der Waals surface area contributed by atoms with E-state index in [-0.39, 0.29) is 25.4 Å². The van der Waals surface area contributed by atoms with Crippen molar-refractivity contribution in [3.8, 4) is 0 Å². The first kappa shape index (κ1) is 15.4. The second-order valence-electron chi connectivity index (χ2n) is 4.05. The molecule has 1 heterocycles. The molecule has 106 valence electrons. The number of carbonyl (C=O) groups excluding carboxylic acids is 1. The molecule has 0 aromatic rings. The van der Waals surface area contributed by atoms with Crippen molar-refractivity contribution >= 4 is 15.9 Å². The van der Waals surface area contributed by atoms with Gasteiger partial charge in [0.25, 0.3) is 0 Å². The van der Waals surface area contributed by atoms with Crippen molar-refractivity contribution < 1.29 is 22.7 Å². The molecule has 0 aliphatic carbocycles. The van der Waals surface area contributed by atoms with Crippen LogP contribution >= 0.6 is 0 Å². The Hall–Kier alpha value is -0.700. The van der Waals surface area contributed by atoms with E-state index in [1.165, 1.54) is 4.90 Å². The molecule has 1 saturated heterocycles. The van der Waals surface area contributed by atoms with E-state index >= 15 is 0 Å². The summed E-state index contributed by atoms with van der Waals surface area (Å²) in [7, 11) is -3.67. The molecule has 8 heteroatoms. The minimum Gasteiger partial charge on any atom is -0.351 e. The van der Waals surface area contributed by atoms with Gasteiger partial charge >= 0.3 is 0 Å². The van der Waals surface area contributed by atoms with Crippen molar-refractivity contribution in [1.82, 2.24) is 4.90 Å². The van der Waals surface area contributed by atoms with E-state index < -0.39 is 21.6 Å². The minimum atomic E-state index is -3.67. The van der Waals surface area contributed by atoms with Crippen LogP contribution in [-0.2, 0) is 24.3 Å². The molecule has 1 amide bonds. The Bertz CT molecular complexity index is 378. The zero-order valence-corrected chi connectivity index (χ0v) is 11.5. The van der Waals surface area contributed by atoms with Crippen molar-refractivity contribution in [3.63, 3.8) is 0 Å². The summed E-state index contributed by atoms with van der Waals surface area (Å²) in [6.07, 6.45) is -0.591. The SMILES string of the molecule is CCOC(CN1CC(S(N)(=O)=O)CC1=O)OCC. The maximum atomic E-state index is 11.7. The number of carbonyl (C=O) groups is 1. The van der Waals surface area contributed by atoms with Gasteiger partial charge in [-0.05, 0) is 13.8 Å². The van der Waals surface area contributed by atoms with Crippen LogP contribution in [0.5, 0.6) is 0 Å². The van der Waals surface area contributed by atoms with E-state index in [0.29, 0.717) is 13.2 Å². The van der Waals surface area contributed by atoms with Crippen LogP contribution in [0.1, 0.15) is 20.3 Å². The van der Waals surface area contributed by atoms with Crippen LogP contribution in [0.25, 0.3) is 0 Å². The Labute approximate surface area is 107 Å². The molecule has 0 aromatic carbocycles. The van der Waals surface area contributed by atoms with Gasteiger partial charge in [0.15, 0.2) is 6.29 Å². The van der Waals surface area contributed by atoms with Gasteiger partial charge in [-0.15, -0.1) is 0 Å². The summed E-state index contributed by atoms with van der Waals surface area (Å²) in [6, 6.07) is 0. The van der Waals surface area contributed by atoms with Gasteiger partial charge in [0.05, 0.1) is 6.54 Å². The Morgan fingerprint density at radius 3 is 2.33 bits per heavy atom. The van der Waals surface area contributed by atoms with E-state index in [1.54, 1.807) is 0 Å². The van der Waals surface area contributed by atoms with E-state index in [9.17, 15) is 13.2 Å². The molecule has 18 heavy (non-hydrogen) atoms. The molecule has 1 fully saturated rings. The van der Waals surface area contributed by atoms with Crippen LogP contribution in [0.3, 0.4) is 0 Å². The quantitative estimate of drug-likeness (QED) is 0.620. The highest BCUT2D eigenvalue weighted by atomic mass is 32.2. The van der Waals surface area contributed by atoms with E-state index in [4.69, 9.17) is 14.6 Å². The maximum Gasteiger partial charge on any atom is 0.224 e. The number of ether oxygens (including phenoxy) is 2. The smallest absolute Gasteiger partial charge is 0.224 e. The van der Waals surface area contributed by atoms with Crippen molar-refractivity contribution in [2.45, 2.75) is 31.8 Å². The first-order valence-corrected chi connectivity index (χ1v) is 7.52. The van der Waals surface area contributed by atoms with Crippen molar-refractivity contribution in [2.24, 2.45) is 5.14 Å². The van der Waals surface area contributed by atoms with Gasteiger partial charge in [-0.1, -0.05) is 0 Å². The Morgan fingerprint density at radius 2 is 1.94 bits per heavy atom. The largest absolute Gasteiger partial charge is 0.351 e. The highest BCUT2D eigenvalue weighted by molar-refractivity contribution is 7.89. The van der Waals surface area contributed by atoms with Crippen LogP contribution in [0.15, 0.2) is 0 Å². The second kappa shape index (κ2) is 6.46. The van der Waals surface area contributed by atoms with Gasteiger partial charge in [0, 0.05) is 26.2 Å². The minimum absolute atomic E-state index is 0.0657. The van der Waals surface area contributed by atoms with Gasteiger partial charge < -0.3 is 14.4 Å². The Morgan fingerprint density at radius 1 is 1.39 bits per heavy atom. The van der Waals surface area contributed by atoms with E-state index in [1.807, 2.05) is 13.8 Å². The summed E-state index contributed by atoms with van der Waals surface area (Å²) in [5.74, 6) is -0.238. The average Bonchev–Trinajstić information content (AvgIpc) is 2.61. The van der Waals surface area contributed by atoms with Gasteiger partial charge in [-0.25, -0.2) is 13.6 Å². The fraction of sp³-hybridized carbons (Fsp3) is 0.900. The average molecular weight is 280 g/mol. The van der Waals surface area contributed by atoms with Gasteiger partial charge in [-0.3, -0.25) is 4.79 Å². The lowest BCUT2D eigenvalue weighted by molar-refractivity contribution is -0.155. The molecule has 1 rings (SSSR count). The number of rotatable bonds is 7. The zero-order chi connectivity index (χ0) is 13.8. The monoisotopic (exact) mass is 280 g/mol. The highest BCUT2D eigenvalue weighted by Gasteiger charge is 2.37. The molecule has 1 unspecified atom stereocenters. The van der Waals surface area contributed by atoms with Crippen LogP contribution in [0.4, 0.5) is 0 Å². The highest BCUT2D eigenvalue weighted by Crippen LogP contribution is 2.17. The lowest BCUT2D eigenvalue weighted by Gasteiger charge is -2.23. The molecule has 1 aliphatic rings. The summed E-state index contributed by atoms with van der Waals surface area (Å²) in [6.45, 7) is 4.91. The molecule has 0 spiro atoms. The standard InChI is InChI=1S/C10H20N2O5S/c1-3-16-10(17-4-2)7-12-6-8(5-9(12)13)18(11,14)15/h8,10H,3-7H2,1-2H3,(H2,11,14,15). The van der Waals surface area contributed by atoms with Gasteiger partial charge in [-0.2, -0.15) is 0 Å². The Balaban J connectivity index is 2.59. The van der Waals surface area contributed by atoms with Gasteiger partial charge in [0.2, 0.25) is 15.9 Å². The molecule has 0 aromatic heterocycles. The summed E-state index contributed by atoms with van der Waals surface area (Å²) in [4.78, 5) is 13.1. The summed E-state index contributed by atoms with van der Waals surface area (Å²) >= 11 is 0. The van der Waals surface area contributed by atoms with Crippen LogP contribution in [-0.4, -0.2) is 57.1 Å². The molecular weight excluding hydrogens is 260 g/mol. The number of amides is 1. The fourth-order valence-electron chi connectivity index (χ4n) is 1.84. The summed E-state index contributed by atoms with van der Waals surface area (Å²) in [5.41, 5.74) is 0. The first-order valence-electron chi connectivity index (χ1n) is 5.91. The molecule has 7 nitrogen and oxygen atoms in total. The number of primary sulfonamides is 1. The predicted molar refractivity (Wildman–Crippen MR) is 65.1 cm³/mol. The molecule has 0 bridgehead atoms. The molecule has 1 aliphatic heterocycles. The maximum absolute atomic E-state index is 11.7. The fourth-order valence-corrected chi connectivity index (χ4v) is 2.60. The third-order valence-electron chi connectivity index (χ3n) is 2.72. The molecular formula is C10H20N2O5S. The third-order valence-corrected chi connectivity index (χ3v) is 3.96. The normalized spacial score (nSPS) is 21.0. The van der Waals surface area contributed by atoms with Crippen molar-refractivity contribution in [2.75, 3.05) is 26.3 Å². The Kier molecular flexibility index (Phi) is 5.51. The summed E-state index contributed by atoms with van der Waals surface area (Å²) < 4.78 is 33.0. The summed E-state index contributed by atoms with van der Waals surface area (Å²) in [5, 5.41) is 4.22. The second-order valence-corrected chi connectivity index (χ2v) is 5.90. The molecule has 0 radical (unpaired) electrons. The van der Waals surface area contributed by atoms with Crippen LogP contribution < -0.4 is 5.14 Å². The molecule has 2 N–H and O–H groups in total. The van der Waals surface area contributed by atoms with E-state index in [0.717, 1.165) is 0 Å². The number of nitrogens with zero attached hydrogens (tertiary/aromatic N) is 1. The molecule has 1 atom stereocenters. The number of likely N-dealkylation sites (tertiary alicyclic amines) is 1. The van der Waals surface area contributed by atoms with Crippen molar-refractivity contribution in [1.29, 1.82) is 0 Å².